The summed E-state index contributed by atoms with van der Waals surface area (Å²) in [5.74, 6) is -0.327. The number of rotatable bonds is 4. The molecule has 1 saturated heterocycles. The Morgan fingerprint density at radius 3 is 2.00 bits per heavy atom. The van der Waals surface area contributed by atoms with Crippen molar-refractivity contribution in [1.29, 1.82) is 0 Å². The van der Waals surface area contributed by atoms with Gasteiger partial charge in [0.05, 0.1) is 4.90 Å². The number of carbonyl (C=O) groups is 2. The molecule has 2 aromatic rings. The molecule has 7 nitrogen and oxygen atoms in total. The number of sulfonamides is 1. The molecular formula is C20H23N3O4S. The molecule has 1 N–H and O–H groups in total. The van der Waals surface area contributed by atoms with Crippen LogP contribution in [0.25, 0.3) is 0 Å². The fraction of sp³-hybridized carbons (Fsp3) is 0.300. The normalized spacial score (nSPS) is 15.3. The molecule has 0 aromatic heterocycles. The van der Waals surface area contributed by atoms with E-state index in [0.29, 0.717) is 24.3 Å². The summed E-state index contributed by atoms with van der Waals surface area (Å²) in [7, 11) is -3.55. The van der Waals surface area contributed by atoms with Gasteiger partial charge >= 0.3 is 0 Å². The van der Waals surface area contributed by atoms with Gasteiger partial charge in [0.25, 0.3) is 5.91 Å². The first-order chi connectivity index (χ1) is 13.3. The lowest BCUT2D eigenvalue weighted by atomic mass is 10.1. The maximum Gasteiger partial charge on any atom is 0.253 e. The summed E-state index contributed by atoms with van der Waals surface area (Å²) in [6, 6.07) is 13.4. The molecule has 2 aromatic carbocycles. The molecule has 1 fully saturated rings. The Kier molecular flexibility index (Phi) is 5.81. The minimum absolute atomic E-state index is 0.151. The van der Waals surface area contributed by atoms with E-state index in [-0.39, 0.29) is 29.8 Å². The molecule has 2 amide bonds. The zero-order chi connectivity index (χ0) is 20.3. The summed E-state index contributed by atoms with van der Waals surface area (Å²) in [6.45, 7) is 4.50. The van der Waals surface area contributed by atoms with E-state index in [1.807, 2.05) is 6.92 Å². The van der Waals surface area contributed by atoms with Crippen molar-refractivity contribution in [3.8, 4) is 0 Å². The quantitative estimate of drug-likeness (QED) is 0.850. The lowest BCUT2D eigenvalue weighted by Gasteiger charge is -2.34. The molecular weight excluding hydrogens is 378 g/mol. The number of amides is 2. The van der Waals surface area contributed by atoms with Gasteiger partial charge in [-0.3, -0.25) is 9.59 Å². The highest BCUT2D eigenvalue weighted by atomic mass is 32.2. The Morgan fingerprint density at radius 1 is 0.893 bits per heavy atom. The topological polar surface area (TPSA) is 86.8 Å². The van der Waals surface area contributed by atoms with Crippen molar-refractivity contribution in [3.05, 3.63) is 59.7 Å². The Morgan fingerprint density at radius 2 is 1.46 bits per heavy atom. The van der Waals surface area contributed by atoms with Gasteiger partial charge in [-0.1, -0.05) is 17.7 Å². The standard InChI is InChI=1S/C20H23N3O4S/c1-15-3-9-19(10-4-15)28(26,27)23-13-11-22(12-14-23)20(25)17-5-7-18(8-6-17)21-16(2)24/h3-10H,11-14H2,1-2H3,(H,21,24). The number of piperazine rings is 1. The summed E-state index contributed by atoms with van der Waals surface area (Å²) >= 11 is 0. The van der Waals surface area contributed by atoms with Crippen LogP contribution in [0.1, 0.15) is 22.8 Å². The lowest BCUT2D eigenvalue weighted by molar-refractivity contribution is -0.114. The molecule has 1 aliphatic heterocycles. The molecule has 0 aliphatic carbocycles. The van der Waals surface area contributed by atoms with Gasteiger partial charge in [-0.15, -0.1) is 0 Å². The molecule has 148 valence electrons. The molecule has 0 spiro atoms. The fourth-order valence-corrected chi connectivity index (χ4v) is 4.50. The first-order valence-electron chi connectivity index (χ1n) is 9.01. The predicted molar refractivity (Wildman–Crippen MR) is 107 cm³/mol. The molecule has 0 bridgehead atoms. The Bertz CT molecular complexity index is 962. The van der Waals surface area contributed by atoms with Gasteiger partial charge in [-0.2, -0.15) is 4.31 Å². The average Bonchev–Trinajstić information content (AvgIpc) is 2.68. The zero-order valence-electron chi connectivity index (χ0n) is 15.9. The molecule has 28 heavy (non-hydrogen) atoms. The van der Waals surface area contributed by atoms with Gasteiger partial charge in [-0.05, 0) is 43.3 Å². The molecule has 3 rings (SSSR count). The summed E-state index contributed by atoms with van der Waals surface area (Å²) in [5.41, 5.74) is 2.13. The Labute approximate surface area is 165 Å². The third-order valence-electron chi connectivity index (χ3n) is 4.64. The van der Waals surface area contributed by atoms with Crippen LogP contribution >= 0.6 is 0 Å². The number of nitrogens with zero attached hydrogens (tertiary/aromatic N) is 2. The number of carbonyl (C=O) groups excluding carboxylic acids is 2. The second-order valence-electron chi connectivity index (χ2n) is 6.77. The molecule has 1 heterocycles. The van der Waals surface area contributed by atoms with Crippen molar-refractivity contribution in [2.45, 2.75) is 18.7 Å². The Balaban J connectivity index is 1.63. The lowest BCUT2D eigenvalue weighted by Crippen LogP contribution is -2.50. The van der Waals surface area contributed by atoms with Crippen molar-refractivity contribution < 1.29 is 18.0 Å². The number of anilines is 1. The third kappa shape index (κ3) is 4.40. The van der Waals surface area contributed by atoms with Gasteiger partial charge in [0, 0.05) is 44.4 Å². The molecule has 1 aliphatic rings. The predicted octanol–water partition coefficient (Wildman–Crippen LogP) is 2.10. The van der Waals surface area contributed by atoms with Crippen molar-refractivity contribution >= 4 is 27.5 Å². The highest BCUT2D eigenvalue weighted by Gasteiger charge is 2.30. The summed E-state index contributed by atoms with van der Waals surface area (Å²) in [5, 5.41) is 2.65. The van der Waals surface area contributed by atoms with E-state index in [1.165, 1.54) is 11.2 Å². The molecule has 0 unspecified atom stereocenters. The van der Waals surface area contributed by atoms with Crippen molar-refractivity contribution in [2.24, 2.45) is 0 Å². The number of aryl methyl sites for hydroxylation is 1. The van der Waals surface area contributed by atoms with Crippen LogP contribution in [0.5, 0.6) is 0 Å². The van der Waals surface area contributed by atoms with Gasteiger partial charge in [0.1, 0.15) is 0 Å². The van der Waals surface area contributed by atoms with Gasteiger partial charge in [-0.25, -0.2) is 8.42 Å². The molecule has 0 radical (unpaired) electrons. The summed E-state index contributed by atoms with van der Waals surface area (Å²) in [4.78, 5) is 25.7. The number of hydrogen-bond donors (Lipinski definition) is 1. The third-order valence-corrected chi connectivity index (χ3v) is 6.55. The average molecular weight is 401 g/mol. The highest BCUT2D eigenvalue weighted by molar-refractivity contribution is 7.89. The number of hydrogen-bond acceptors (Lipinski definition) is 4. The van der Waals surface area contributed by atoms with Crippen LogP contribution < -0.4 is 5.32 Å². The largest absolute Gasteiger partial charge is 0.336 e. The molecule has 0 saturated carbocycles. The second-order valence-corrected chi connectivity index (χ2v) is 8.71. The van der Waals surface area contributed by atoms with Gasteiger partial charge in [0.2, 0.25) is 15.9 Å². The fourth-order valence-electron chi connectivity index (χ4n) is 3.07. The Hall–Kier alpha value is -2.71. The minimum atomic E-state index is -3.55. The van der Waals surface area contributed by atoms with Gasteiger partial charge in [0.15, 0.2) is 0 Å². The maximum absolute atomic E-state index is 12.8. The number of nitrogens with one attached hydrogen (secondary N) is 1. The van der Waals surface area contributed by atoms with E-state index in [2.05, 4.69) is 5.32 Å². The van der Waals surface area contributed by atoms with Crippen molar-refractivity contribution in [1.82, 2.24) is 9.21 Å². The van der Waals surface area contributed by atoms with E-state index in [4.69, 9.17) is 0 Å². The van der Waals surface area contributed by atoms with Crippen LogP contribution in [0.3, 0.4) is 0 Å². The summed E-state index contributed by atoms with van der Waals surface area (Å²) < 4.78 is 26.9. The van der Waals surface area contributed by atoms with Crippen LogP contribution in [0.4, 0.5) is 5.69 Å². The van der Waals surface area contributed by atoms with Crippen LogP contribution in [0.2, 0.25) is 0 Å². The van der Waals surface area contributed by atoms with E-state index in [0.717, 1.165) is 5.56 Å². The van der Waals surface area contributed by atoms with Crippen LogP contribution in [0, 0.1) is 6.92 Å². The zero-order valence-corrected chi connectivity index (χ0v) is 16.7. The van der Waals surface area contributed by atoms with Crippen LogP contribution in [0.15, 0.2) is 53.4 Å². The monoisotopic (exact) mass is 401 g/mol. The molecule has 0 atom stereocenters. The van der Waals surface area contributed by atoms with E-state index < -0.39 is 10.0 Å². The summed E-state index contributed by atoms with van der Waals surface area (Å²) in [6.07, 6.45) is 0. The second kappa shape index (κ2) is 8.12. The van der Waals surface area contributed by atoms with Crippen LogP contribution in [-0.2, 0) is 14.8 Å². The maximum atomic E-state index is 12.8. The van der Waals surface area contributed by atoms with Crippen LogP contribution in [-0.4, -0.2) is 55.6 Å². The molecule has 8 heteroatoms. The van der Waals surface area contributed by atoms with E-state index >= 15 is 0 Å². The highest BCUT2D eigenvalue weighted by Crippen LogP contribution is 2.19. The van der Waals surface area contributed by atoms with Crippen molar-refractivity contribution in [3.63, 3.8) is 0 Å². The number of benzene rings is 2. The van der Waals surface area contributed by atoms with Crippen molar-refractivity contribution in [2.75, 3.05) is 31.5 Å². The SMILES string of the molecule is CC(=O)Nc1ccc(C(=O)N2CCN(S(=O)(=O)c3ccc(C)cc3)CC2)cc1. The minimum Gasteiger partial charge on any atom is -0.336 e. The van der Waals surface area contributed by atoms with Gasteiger partial charge < -0.3 is 10.2 Å². The smallest absolute Gasteiger partial charge is 0.253 e. The first kappa shape index (κ1) is 20.0. The van der Waals surface area contributed by atoms with E-state index in [9.17, 15) is 18.0 Å². The van der Waals surface area contributed by atoms with E-state index in [1.54, 1.807) is 53.4 Å². The first-order valence-corrected chi connectivity index (χ1v) is 10.4.